The fourth-order valence-electron chi connectivity index (χ4n) is 2.02. The van der Waals surface area contributed by atoms with Gasteiger partial charge in [-0.2, -0.15) is 5.10 Å². The van der Waals surface area contributed by atoms with Gasteiger partial charge in [0.05, 0.1) is 11.8 Å². The molecule has 1 amide bonds. The van der Waals surface area contributed by atoms with Gasteiger partial charge in [-0.3, -0.25) is 14.6 Å². The smallest absolute Gasteiger partial charge is 0.271 e. The van der Waals surface area contributed by atoms with Crippen molar-refractivity contribution in [2.75, 3.05) is 0 Å². The highest BCUT2D eigenvalue weighted by atomic mass is 19.1. The normalized spacial score (nSPS) is 11.0. The van der Waals surface area contributed by atoms with Gasteiger partial charge in [-0.15, -0.1) is 0 Å². The molecule has 3 rings (SSSR count). The molecule has 0 unspecified atom stereocenters. The number of benzene rings is 1. The van der Waals surface area contributed by atoms with Crippen LogP contribution in [0.4, 0.5) is 4.39 Å². The van der Waals surface area contributed by atoms with Crippen LogP contribution in [0.1, 0.15) is 15.9 Å². The van der Waals surface area contributed by atoms with E-state index in [0.717, 1.165) is 0 Å². The Bertz CT molecular complexity index is 951. The van der Waals surface area contributed by atoms with Gasteiger partial charge < -0.3 is 4.98 Å². The number of aromatic nitrogens is 2. The van der Waals surface area contributed by atoms with Crippen molar-refractivity contribution in [2.24, 2.45) is 5.10 Å². The molecule has 0 atom stereocenters. The van der Waals surface area contributed by atoms with E-state index in [1.165, 1.54) is 55.0 Å². The molecule has 0 saturated carbocycles. The van der Waals surface area contributed by atoms with Crippen LogP contribution < -0.4 is 11.0 Å². The lowest BCUT2D eigenvalue weighted by molar-refractivity contribution is 0.0955. The van der Waals surface area contributed by atoms with Crippen LogP contribution >= 0.6 is 0 Å². The molecule has 6 nitrogen and oxygen atoms in total. The van der Waals surface area contributed by atoms with Crippen molar-refractivity contribution < 1.29 is 9.18 Å². The lowest BCUT2D eigenvalue weighted by Gasteiger charge is -2.00. The summed E-state index contributed by atoms with van der Waals surface area (Å²) in [4.78, 5) is 30.1. The Morgan fingerprint density at radius 1 is 1.22 bits per heavy atom. The number of amides is 1. The molecule has 0 aliphatic rings. The second-order valence-electron chi connectivity index (χ2n) is 4.72. The van der Waals surface area contributed by atoms with E-state index >= 15 is 0 Å². The molecule has 114 valence electrons. The molecule has 0 aliphatic heterocycles. The molecule has 0 fully saturated rings. The number of pyridine rings is 2. The number of halogens is 1. The molecule has 3 aromatic rings. The average molecular weight is 310 g/mol. The standard InChI is InChI=1S/C16H11FN4O2/c17-13-1-2-14-11(8-13)7-12(15(22)20-14)9-19-21-16(23)10-3-5-18-6-4-10/h1-9H,(H,20,22)(H,21,23)/b19-9+. The summed E-state index contributed by atoms with van der Waals surface area (Å²) in [6.07, 6.45) is 4.19. The number of rotatable bonds is 3. The minimum absolute atomic E-state index is 0.207. The van der Waals surface area contributed by atoms with Gasteiger partial charge in [0.25, 0.3) is 11.5 Å². The zero-order chi connectivity index (χ0) is 16.2. The second-order valence-corrected chi connectivity index (χ2v) is 4.72. The Labute approximate surface area is 129 Å². The molecule has 2 heterocycles. The van der Waals surface area contributed by atoms with Crippen molar-refractivity contribution >= 4 is 23.0 Å². The van der Waals surface area contributed by atoms with Crippen LogP contribution in [-0.4, -0.2) is 22.1 Å². The number of aromatic amines is 1. The number of nitrogens with zero attached hydrogens (tertiary/aromatic N) is 2. The largest absolute Gasteiger partial charge is 0.321 e. The van der Waals surface area contributed by atoms with E-state index in [4.69, 9.17) is 0 Å². The number of hydrogen-bond acceptors (Lipinski definition) is 4. The second kappa shape index (κ2) is 6.18. The number of nitrogens with one attached hydrogen (secondary N) is 2. The quantitative estimate of drug-likeness (QED) is 0.571. The highest BCUT2D eigenvalue weighted by molar-refractivity contribution is 5.95. The van der Waals surface area contributed by atoms with Crippen LogP contribution in [0.15, 0.2) is 58.7 Å². The molecule has 0 spiro atoms. The summed E-state index contributed by atoms with van der Waals surface area (Å²) < 4.78 is 13.2. The molecule has 0 bridgehead atoms. The monoisotopic (exact) mass is 310 g/mol. The fraction of sp³-hybridized carbons (Fsp3) is 0. The van der Waals surface area contributed by atoms with Gasteiger partial charge in [0, 0.05) is 28.9 Å². The number of hydrazone groups is 1. The molecule has 2 N–H and O–H groups in total. The van der Waals surface area contributed by atoms with E-state index < -0.39 is 11.7 Å². The van der Waals surface area contributed by atoms with Crippen LogP contribution in [0, 0.1) is 5.82 Å². The molecule has 0 radical (unpaired) electrons. The summed E-state index contributed by atoms with van der Waals surface area (Å²) in [6.45, 7) is 0. The third kappa shape index (κ3) is 3.29. The maximum absolute atomic E-state index is 13.2. The maximum atomic E-state index is 13.2. The highest BCUT2D eigenvalue weighted by Crippen LogP contribution is 2.12. The molecular weight excluding hydrogens is 299 g/mol. The van der Waals surface area contributed by atoms with E-state index in [0.29, 0.717) is 16.5 Å². The maximum Gasteiger partial charge on any atom is 0.271 e. The number of carbonyl (C=O) groups is 1. The number of fused-ring (bicyclic) bond motifs is 1. The van der Waals surface area contributed by atoms with E-state index in [2.05, 4.69) is 20.5 Å². The lowest BCUT2D eigenvalue weighted by Crippen LogP contribution is -2.19. The van der Waals surface area contributed by atoms with E-state index in [1.807, 2.05) is 0 Å². The summed E-state index contributed by atoms with van der Waals surface area (Å²) in [5.74, 6) is -0.828. The number of H-pyrrole nitrogens is 1. The van der Waals surface area contributed by atoms with E-state index in [1.54, 1.807) is 0 Å². The van der Waals surface area contributed by atoms with Gasteiger partial charge in [-0.25, -0.2) is 9.82 Å². The van der Waals surface area contributed by atoms with Crippen LogP contribution in [0.3, 0.4) is 0 Å². The minimum Gasteiger partial charge on any atom is -0.321 e. The lowest BCUT2D eigenvalue weighted by atomic mass is 10.1. The van der Waals surface area contributed by atoms with Crippen molar-refractivity contribution in [2.45, 2.75) is 0 Å². The van der Waals surface area contributed by atoms with Gasteiger partial charge in [0.15, 0.2) is 0 Å². The Morgan fingerprint density at radius 3 is 2.78 bits per heavy atom. The summed E-state index contributed by atoms with van der Waals surface area (Å²) >= 11 is 0. The minimum atomic E-state index is -0.424. The van der Waals surface area contributed by atoms with Gasteiger partial charge >= 0.3 is 0 Å². The van der Waals surface area contributed by atoms with E-state index in [-0.39, 0.29) is 11.1 Å². The number of hydrogen-bond donors (Lipinski definition) is 2. The molecular formula is C16H11FN4O2. The fourth-order valence-corrected chi connectivity index (χ4v) is 2.02. The Morgan fingerprint density at radius 2 is 2.00 bits per heavy atom. The molecule has 23 heavy (non-hydrogen) atoms. The van der Waals surface area contributed by atoms with Crippen molar-refractivity contribution in [3.63, 3.8) is 0 Å². The highest BCUT2D eigenvalue weighted by Gasteiger charge is 2.04. The summed E-state index contributed by atoms with van der Waals surface area (Å²) in [7, 11) is 0. The first kappa shape index (κ1) is 14.6. The predicted molar refractivity (Wildman–Crippen MR) is 83.8 cm³/mol. The summed E-state index contributed by atoms with van der Waals surface area (Å²) in [6, 6.07) is 8.63. The average Bonchev–Trinajstić information content (AvgIpc) is 2.56. The van der Waals surface area contributed by atoms with Crippen molar-refractivity contribution in [3.05, 3.63) is 76.1 Å². The van der Waals surface area contributed by atoms with Gasteiger partial charge in [-0.1, -0.05) is 0 Å². The zero-order valence-corrected chi connectivity index (χ0v) is 11.8. The van der Waals surface area contributed by atoms with Gasteiger partial charge in [0.1, 0.15) is 5.82 Å². The predicted octanol–water partition coefficient (Wildman–Crippen LogP) is 1.83. The summed E-state index contributed by atoms with van der Waals surface area (Å²) in [5, 5.41) is 4.28. The molecule has 0 saturated heterocycles. The topological polar surface area (TPSA) is 87.2 Å². The molecule has 7 heteroatoms. The zero-order valence-electron chi connectivity index (χ0n) is 11.8. The first-order valence-electron chi connectivity index (χ1n) is 6.69. The van der Waals surface area contributed by atoms with E-state index in [9.17, 15) is 14.0 Å². The third-order valence-corrected chi connectivity index (χ3v) is 3.15. The van der Waals surface area contributed by atoms with Crippen LogP contribution in [-0.2, 0) is 0 Å². The number of carbonyl (C=O) groups excluding carboxylic acids is 1. The Balaban J connectivity index is 1.82. The SMILES string of the molecule is O=C(N/N=C/c1cc2cc(F)ccc2[nH]c1=O)c1ccncc1. The van der Waals surface area contributed by atoms with Crippen molar-refractivity contribution in [3.8, 4) is 0 Å². The van der Waals surface area contributed by atoms with Crippen molar-refractivity contribution in [1.29, 1.82) is 0 Å². The Hall–Kier alpha value is -3.35. The van der Waals surface area contributed by atoms with Crippen LogP contribution in [0.25, 0.3) is 10.9 Å². The molecule has 0 aliphatic carbocycles. The molecule has 2 aromatic heterocycles. The van der Waals surface area contributed by atoms with Gasteiger partial charge in [0.2, 0.25) is 0 Å². The van der Waals surface area contributed by atoms with Crippen molar-refractivity contribution in [1.82, 2.24) is 15.4 Å². The third-order valence-electron chi connectivity index (χ3n) is 3.15. The van der Waals surface area contributed by atoms with Crippen LogP contribution in [0.2, 0.25) is 0 Å². The first-order valence-corrected chi connectivity index (χ1v) is 6.69. The molecule has 1 aromatic carbocycles. The van der Waals surface area contributed by atoms with Crippen LogP contribution in [0.5, 0.6) is 0 Å². The summed E-state index contributed by atoms with van der Waals surface area (Å²) in [5.41, 5.74) is 3.05. The first-order chi connectivity index (χ1) is 11.1. The van der Waals surface area contributed by atoms with Gasteiger partial charge in [-0.05, 0) is 36.4 Å². The Kier molecular flexibility index (Phi) is 3.92.